The highest BCUT2D eigenvalue weighted by Crippen LogP contribution is 2.11. The molecule has 0 aliphatic rings. The molecule has 1 unspecified atom stereocenters. The molecule has 1 atom stereocenters. The molecule has 2 aromatic rings. The number of carbonyl (C=O) groups is 1. The van der Waals surface area contributed by atoms with Crippen LogP contribution in [0.15, 0.2) is 41.4 Å². The Hall–Kier alpha value is -1.95. The molecule has 2 rings (SSSR count). The standard InChI is InChI=1S/C13H14N2O3S/c1-15-11(6-8-14-15)7-9-19(18)12-4-2-10(3-5-12)13(16)17/h2-6,8H,7,9H2,1H3,(H,16,17). The summed E-state index contributed by atoms with van der Waals surface area (Å²) in [4.78, 5) is 11.4. The van der Waals surface area contributed by atoms with E-state index in [4.69, 9.17) is 5.11 Å². The number of benzene rings is 1. The predicted octanol–water partition coefficient (Wildman–Crippen LogP) is 1.47. The molecule has 0 fully saturated rings. The number of hydrogen-bond acceptors (Lipinski definition) is 3. The molecule has 0 saturated heterocycles. The van der Waals surface area contributed by atoms with Crippen molar-refractivity contribution < 1.29 is 14.1 Å². The van der Waals surface area contributed by atoms with Gasteiger partial charge in [-0.3, -0.25) is 8.89 Å². The monoisotopic (exact) mass is 278 g/mol. The van der Waals surface area contributed by atoms with E-state index in [2.05, 4.69) is 5.10 Å². The second-order valence-electron chi connectivity index (χ2n) is 4.08. The van der Waals surface area contributed by atoms with Gasteiger partial charge in [0.15, 0.2) is 0 Å². The third-order valence-electron chi connectivity index (χ3n) is 2.83. The minimum atomic E-state index is -1.13. The van der Waals surface area contributed by atoms with Gasteiger partial charge < -0.3 is 5.11 Å². The van der Waals surface area contributed by atoms with Gasteiger partial charge in [0.25, 0.3) is 0 Å². The van der Waals surface area contributed by atoms with Crippen LogP contribution < -0.4 is 0 Å². The minimum Gasteiger partial charge on any atom is -0.478 e. The molecule has 0 bridgehead atoms. The molecule has 0 aliphatic carbocycles. The Kier molecular flexibility index (Phi) is 4.11. The van der Waals surface area contributed by atoms with Gasteiger partial charge in [-0.05, 0) is 30.3 Å². The van der Waals surface area contributed by atoms with Crippen LogP contribution in [0.5, 0.6) is 0 Å². The third kappa shape index (κ3) is 3.29. The third-order valence-corrected chi connectivity index (χ3v) is 4.20. The zero-order valence-electron chi connectivity index (χ0n) is 10.4. The van der Waals surface area contributed by atoms with Crippen molar-refractivity contribution in [3.05, 3.63) is 47.8 Å². The van der Waals surface area contributed by atoms with Crippen molar-refractivity contribution in [1.29, 1.82) is 0 Å². The first-order valence-corrected chi connectivity index (χ1v) is 7.08. The Morgan fingerprint density at radius 3 is 2.53 bits per heavy atom. The number of aryl methyl sites for hydroxylation is 2. The quantitative estimate of drug-likeness (QED) is 0.899. The van der Waals surface area contributed by atoms with E-state index in [1.165, 1.54) is 12.1 Å². The fourth-order valence-electron chi connectivity index (χ4n) is 1.71. The molecule has 100 valence electrons. The van der Waals surface area contributed by atoms with Crippen LogP contribution in [0, 0.1) is 0 Å². The molecule has 0 radical (unpaired) electrons. The molecular formula is C13H14N2O3S. The molecule has 0 amide bonds. The Balaban J connectivity index is 2.00. The zero-order chi connectivity index (χ0) is 13.8. The SMILES string of the molecule is Cn1nccc1CCS(=O)c1ccc(C(=O)O)cc1. The molecule has 0 saturated carbocycles. The van der Waals surface area contributed by atoms with E-state index in [-0.39, 0.29) is 5.56 Å². The number of carboxylic acids is 1. The molecule has 1 N–H and O–H groups in total. The molecule has 19 heavy (non-hydrogen) atoms. The second-order valence-corrected chi connectivity index (χ2v) is 5.65. The van der Waals surface area contributed by atoms with Gasteiger partial charge in [-0.15, -0.1) is 0 Å². The van der Waals surface area contributed by atoms with Gasteiger partial charge in [0.2, 0.25) is 0 Å². The summed E-state index contributed by atoms with van der Waals surface area (Å²) in [5.41, 5.74) is 1.22. The van der Waals surface area contributed by atoms with Crippen LogP contribution in [0.3, 0.4) is 0 Å². The van der Waals surface area contributed by atoms with Gasteiger partial charge in [-0.2, -0.15) is 5.10 Å². The highest BCUT2D eigenvalue weighted by atomic mass is 32.2. The lowest BCUT2D eigenvalue weighted by molar-refractivity contribution is 0.0697. The summed E-state index contributed by atoms with van der Waals surface area (Å²) in [6.45, 7) is 0. The molecule has 1 aromatic heterocycles. The molecule has 0 spiro atoms. The van der Waals surface area contributed by atoms with Crippen molar-refractivity contribution in [3.8, 4) is 0 Å². The average Bonchev–Trinajstić information content (AvgIpc) is 2.81. The van der Waals surface area contributed by atoms with Crippen LogP contribution in [-0.2, 0) is 24.3 Å². The van der Waals surface area contributed by atoms with Crippen LogP contribution in [0.2, 0.25) is 0 Å². The highest BCUT2D eigenvalue weighted by molar-refractivity contribution is 7.85. The first-order chi connectivity index (χ1) is 9.08. The van der Waals surface area contributed by atoms with Gasteiger partial charge in [-0.25, -0.2) is 4.79 Å². The van der Waals surface area contributed by atoms with Crippen LogP contribution >= 0.6 is 0 Å². The Labute approximate surface area is 113 Å². The maximum atomic E-state index is 12.1. The van der Waals surface area contributed by atoms with E-state index in [1.54, 1.807) is 23.0 Å². The van der Waals surface area contributed by atoms with Gasteiger partial charge in [0.1, 0.15) is 0 Å². The Morgan fingerprint density at radius 1 is 1.32 bits per heavy atom. The van der Waals surface area contributed by atoms with E-state index >= 15 is 0 Å². The summed E-state index contributed by atoms with van der Waals surface area (Å²) in [5, 5.41) is 12.8. The second kappa shape index (κ2) is 5.79. The largest absolute Gasteiger partial charge is 0.478 e. The van der Waals surface area contributed by atoms with E-state index in [9.17, 15) is 9.00 Å². The van der Waals surface area contributed by atoms with Crippen molar-refractivity contribution in [1.82, 2.24) is 9.78 Å². The lowest BCUT2D eigenvalue weighted by atomic mass is 10.2. The van der Waals surface area contributed by atoms with Gasteiger partial charge in [-0.1, -0.05) is 0 Å². The van der Waals surface area contributed by atoms with Gasteiger partial charge in [0.05, 0.1) is 16.4 Å². The number of carboxylic acid groups (broad SMARTS) is 1. The summed E-state index contributed by atoms with van der Waals surface area (Å²) in [7, 11) is 0.715. The first-order valence-electron chi connectivity index (χ1n) is 5.76. The fourth-order valence-corrected chi connectivity index (χ4v) is 2.78. The van der Waals surface area contributed by atoms with Crippen LogP contribution in [0.25, 0.3) is 0 Å². The molecule has 1 heterocycles. The van der Waals surface area contributed by atoms with E-state index in [1.807, 2.05) is 13.1 Å². The summed E-state index contributed by atoms with van der Waals surface area (Å²) in [6.07, 6.45) is 2.38. The molecule has 5 nitrogen and oxygen atoms in total. The van der Waals surface area contributed by atoms with E-state index < -0.39 is 16.8 Å². The molecule has 0 aliphatic heterocycles. The molecule has 6 heteroatoms. The van der Waals surface area contributed by atoms with E-state index in [0.717, 1.165) is 5.69 Å². The van der Waals surface area contributed by atoms with Gasteiger partial charge in [0, 0.05) is 36.0 Å². The summed E-state index contributed by atoms with van der Waals surface area (Å²) in [5.74, 6) is -0.487. The summed E-state index contributed by atoms with van der Waals surface area (Å²) >= 11 is 0. The van der Waals surface area contributed by atoms with E-state index in [0.29, 0.717) is 17.1 Å². The number of aromatic nitrogens is 2. The fraction of sp³-hybridized carbons (Fsp3) is 0.231. The maximum Gasteiger partial charge on any atom is 0.335 e. The normalized spacial score (nSPS) is 12.3. The van der Waals surface area contributed by atoms with Crippen molar-refractivity contribution >= 4 is 16.8 Å². The molecule has 1 aromatic carbocycles. The lowest BCUT2D eigenvalue weighted by Crippen LogP contribution is -2.06. The maximum absolute atomic E-state index is 12.1. The predicted molar refractivity (Wildman–Crippen MR) is 71.6 cm³/mol. The van der Waals surface area contributed by atoms with Gasteiger partial charge >= 0.3 is 5.97 Å². The van der Waals surface area contributed by atoms with Crippen LogP contribution in [-0.4, -0.2) is 30.8 Å². The average molecular weight is 278 g/mol. The summed E-state index contributed by atoms with van der Waals surface area (Å²) < 4.78 is 13.8. The number of rotatable bonds is 5. The summed E-state index contributed by atoms with van der Waals surface area (Å²) in [6, 6.07) is 8.04. The Bertz CT molecular complexity index is 605. The zero-order valence-corrected chi connectivity index (χ0v) is 11.3. The van der Waals surface area contributed by atoms with Crippen LogP contribution in [0.4, 0.5) is 0 Å². The lowest BCUT2D eigenvalue weighted by Gasteiger charge is -2.03. The topological polar surface area (TPSA) is 72.2 Å². The highest BCUT2D eigenvalue weighted by Gasteiger charge is 2.08. The Morgan fingerprint density at radius 2 is 2.00 bits per heavy atom. The van der Waals surface area contributed by atoms with Crippen molar-refractivity contribution in [2.75, 3.05) is 5.75 Å². The van der Waals surface area contributed by atoms with Crippen LogP contribution in [0.1, 0.15) is 16.1 Å². The minimum absolute atomic E-state index is 0.201. The van der Waals surface area contributed by atoms with Crippen molar-refractivity contribution in [3.63, 3.8) is 0 Å². The number of nitrogens with zero attached hydrogens (tertiary/aromatic N) is 2. The first kappa shape index (κ1) is 13.5. The molecular weight excluding hydrogens is 264 g/mol. The van der Waals surface area contributed by atoms with Crippen molar-refractivity contribution in [2.45, 2.75) is 11.3 Å². The number of aromatic carboxylic acids is 1. The number of hydrogen-bond donors (Lipinski definition) is 1. The smallest absolute Gasteiger partial charge is 0.335 e. The van der Waals surface area contributed by atoms with Crippen molar-refractivity contribution in [2.24, 2.45) is 7.05 Å².